The van der Waals surface area contributed by atoms with Crippen molar-refractivity contribution >= 4 is 12.0 Å². The van der Waals surface area contributed by atoms with Gasteiger partial charge in [0, 0.05) is 40.4 Å². The Bertz CT molecular complexity index is 515. The summed E-state index contributed by atoms with van der Waals surface area (Å²) in [7, 11) is 3.64. The predicted molar refractivity (Wildman–Crippen MR) is 102 cm³/mol. The summed E-state index contributed by atoms with van der Waals surface area (Å²) in [5, 5.41) is 3.50. The van der Waals surface area contributed by atoms with E-state index in [0.717, 1.165) is 57.9 Å². The highest BCUT2D eigenvalue weighted by Gasteiger charge is 2.16. The summed E-state index contributed by atoms with van der Waals surface area (Å²) < 4.78 is 5.08. The molecule has 1 N–H and O–H groups in total. The highest BCUT2D eigenvalue weighted by Crippen LogP contribution is 2.19. The van der Waals surface area contributed by atoms with Crippen molar-refractivity contribution in [2.75, 3.05) is 40.4 Å². The largest absolute Gasteiger partial charge is 0.385 e. The first kappa shape index (κ1) is 18.5. The summed E-state index contributed by atoms with van der Waals surface area (Å²) in [6.07, 6.45) is 8.06. The Kier molecular flexibility index (Phi) is 8.39. The van der Waals surface area contributed by atoms with Gasteiger partial charge in [-0.05, 0) is 37.7 Å². The van der Waals surface area contributed by atoms with Gasteiger partial charge in [-0.1, -0.05) is 42.0 Å². The molecule has 132 valence electrons. The van der Waals surface area contributed by atoms with Crippen molar-refractivity contribution in [3.63, 3.8) is 0 Å². The van der Waals surface area contributed by atoms with Gasteiger partial charge in [-0.25, -0.2) is 0 Å². The standard InChI is InChI=1S/C20H31N3O/c1-21-20(22-13-7-4-8-16-24-2)23-14-11-19(12-15-23)17-18-9-5-3-6-10-18/h3,5-6,9-10,17H,4,7-8,11-16H2,1-2H3,(H,21,22). The quantitative estimate of drug-likeness (QED) is 0.472. The normalized spacial score (nSPS) is 15.5. The lowest BCUT2D eigenvalue weighted by Gasteiger charge is -2.31. The van der Waals surface area contributed by atoms with E-state index in [0.29, 0.717) is 0 Å². The molecule has 1 saturated heterocycles. The number of likely N-dealkylation sites (tertiary alicyclic amines) is 1. The first-order chi connectivity index (χ1) is 11.8. The molecule has 1 aliphatic heterocycles. The average Bonchev–Trinajstić information content (AvgIpc) is 2.63. The molecule has 1 heterocycles. The van der Waals surface area contributed by atoms with Gasteiger partial charge < -0.3 is 15.0 Å². The van der Waals surface area contributed by atoms with Crippen LogP contribution in [-0.4, -0.2) is 51.3 Å². The maximum Gasteiger partial charge on any atom is 0.193 e. The van der Waals surface area contributed by atoms with E-state index in [1.54, 1.807) is 7.11 Å². The molecule has 1 aromatic carbocycles. The number of methoxy groups -OCH3 is 1. The maximum absolute atomic E-state index is 5.08. The zero-order chi connectivity index (χ0) is 17.0. The molecule has 0 saturated carbocycles. The summed E-state index contributed by atoms with van der Waals surface area (Å²) in [4.78, 5) is 6.81. The monoisotopic (exact) mass is 329 g/mol. The van der Waals surface area contributed by atoms with Gasteiger partial charge in [-0.3, -0.25) is 4.99 Å². The smallest absolute Gasteiger partial charge is 0.193 e. The third kappa shape index (κ3) is 6.36. The number of rotatable bonds is 7. The van der Waals surface area contributed by atoms with E-state index in [1.807, 2.05) is 7.05 Å². The Morgan fingerprint density at radius 1 is 1.17 bits per heavy atom. The molecule has 1 aromatic rings. The van der Waals surface area contributed by atoms with Crippen molar-refractivity contribution in [1.82, 2.24) is 10.2 Å². The van der Waals surface area contributed by atoms with E-state index in [-0.39, 0.29) is 0 Å². The zero-order valence-corrected chi connectivity index (χ0v) is 15.1. The van der Waals surface area contributed by atoms with Gasteiger partial charge >= 0.3 is 0 Å². The van der Waals surface area contributed by atoms with Gasteiger partial charge in [0.2, 0.25) is 0 Å². The van der Waals surface area contributed by atoms with E-state index in [1.165, 1.54) is 17.6 Å². The molecule has 0 unspecified atom stereocenters. The molecule has 0 bridgehead atoms. The van der Waals surface area contributed by atoms with E-state index in [4.69, 9.17) is 4.74 Å². The highest BCUT2D eigenvalue weighted by molar-refractivity contribution is 5.80. The highest BCUT2D eigenvalue weighted by atomic mass is 16.5. The Hall–Kier alpha value is -1.81. The molecular weight excluding hydrogens is 298 g/mol. The Balaban J connectivity index is 1.73. The lowest BCUT2D eigenvalue weighted by Crippen LogP contribution is -2.44. The molecular formula is C20H31N3O. The van der Waals surface area contributed by atoms with Gasteiger partial charge in [0.05, 0.1) is 0 Å². The number of piperidine rings is 1. The number of guanidine groups is 1. The van der Waals surface area contributed by atoms with Crippen LogP contribution in [0, 0.1) is 0 Å². The fraction of sp³-hybridized carbons (Fsp3) is 0.550. The maximum atomic E-state index is 5.08. The molecule has 0 aliphatic carbocycles. The van der Waals surface area contributed by atoms with Crippen LogP contribution in [0.25, 0.3) is 6.08 Å². The minimum Gasteiger partial charge on any atom is -0.385 e. The van der Waals surface area contributed by atoms with Gasteiger partial charge in [-0.15, -0.1) is 0 Å². The van der Waals surface area contributed by atoms with Crippen molar-refractivity contribution in [3.05, 3.63) is 41.5 Å². The summed E-state index contributed by atoms with van der Waals surface area (Å²) in [6, 6.07) is 10.6. The van der Waals surface area contributed by atoms with E-state index >= 15 is 0 Å². The molecule has 2 rings (SSSR count). The summed E-state index contributed by atoms with van der Waals surface area (Å²) in [5.74, 6) is 1.04. The van der Waals surface area contributed by atoms with Crippen LogP contribution in [0.5, 0.6) is 0 Å². The van der Waals surface area contributed by atoms with Crippen LogP contribution in [0.2, 0.25) is 0 Å². The van der Waals surface area contributed by atoms with Crippen LogP contribution < -0.4 is 5.32 Å². The zero-order valence-electron chi connectivity index (χ0n) is 15.1. The van der Waals surface area contributed by atoms with E-state index < -0.39 is 0 Å². The predicted octanol–water partition coefficient (Wildman–Crippen LogP) is 3.56. The topological polar surface area (TPSA) is 36.9 Å². The summed E-state index contributed by atoms with van der Waals surface area (Å²) >= 11 is 0. The number of hydrogen-bond acceptors (Lipinski definition) is 2. The molecule has 1 fully saturated rings. The van der Waals surface area contributed by atoms with Crippen molar-refractivity contribution in [1.29, 1.82) is 0 Å². The van der Waals surface area contributed by atoms with Crippen LogP contribution in [0.4, 0.5) is 0 Å². The van der Waals surface area contributed by atoms with Crippen LogP contribution in [0.3, 0.4) is 0 Å². The van der Waals surface area contributed by atoms with Crippen molar-refractivity contribution < 1.29 is 4.74 Å². The van der Waals surface area contributed by atoms with E-state index in [2.05, 4.69) is 51.6 Å². The number of nitrogens with one attached hydrogen (secondary N) is 1. The Labute approximate surface area is 146 Å². The fourth-order valence-electron chi connectivity index (χ4n) is 3.02. The molecule has 0 radical (unpaired) electrons. The second kappa shape index (κ2) is 10.9. The third-order valence-corrected chi connectivity index (χ3v) is 4.40. The Morgan fingerprint density at radius 3 is 2.58 bits per heavy atom. The molecule has 1 aliphatic rings. The van der Waals surface area contributed by atoms with Gasteiger partial charge in [-0.2, -0.15) is 0 Å². The number of hydrogen-bond donors (Lipinski definition) is 1. The van der Waals surface area contributed by atoms with Crippen molar-refractivity contribution in [2.24, 2.45) is 4.99 Å². The fourth-order valence-corrected chi connectivity index (χ4v) is 3.02. The lowest BCUT2D eigenvalue weighted by atomic mass is 10.0. The molecule has 4 heteroatoms. The molecule has 0 aromatic heterocycles. The first-order valence-electron chi connectivity index (χ1n) is 9.02. The molecule has 0 atom stereocenters. The van der Waals surface area contributed by atoms with E-state index in [9.17, 15) is 0 Å². The van der Waals surface area contributed by atoms with Gasteiger partial charge in [0.15, 0.2) is 5.96 Å². The van der Waals surface area contributed by atoms with Gasteiger partial charge in [0.25, 0.3) is 0 Å². The Morgan fingerprint density at radius 2 is 1.92 bits per heavy atom. The molecule has 24 heavy (non-hydrogen) atoms. The summed E-state index contributed by atoms with van der Waals surface area (Å²) in [6.45, 7) is 3.93. The minimum atomic E-state index is 0.859. The number of unbranched alkanes of at least 4 members (excludes halogenated alkanes) is 2. The van der Waals surface area contributed by atoms with Crippen molar-refractivity contribution in [2.45, 2.75) is 32.1 Å². The average molecular weight is 329 g/mol. The number of aliphatic imine (C=N–C) groups is 1. The first-order valence-corrected chi connectivity index (χ1v) is 9.02. The van der Waals surface area contributed by atoms with Crippen LogP contribution in [-0.2, 0) is 4.74 Å². The van der Waals surface area contributed by atoms with Gasteiger partial charge in [0.1, 0.15) is 0 Å². The van der Waals surface area contributed by atoms with Crippen LogP contribution in [0.15, 0.2) is 40.9 Å². The van der Waals surface area contributed by atoms with Crippen LogP contribution >= 0.6 is 0 Å². The lowest BCUT2D eigenvalue weighted by molar-refractivity contribution is 0.192. The second-order valence-corrected chi connectivity index (χ2v) is 6.23. The number of nitrogens with zero attached hydrogens (tertiary/aromatic N) is 2. The SMILES string of the molecule is CN=C(NCCCCCOC)N1CCC(=Cc2ccccc2)CC1. The molecule has 0 spiro atoms. The van der Waals surface area contributed by atoms with Crippen LogP contribution in [0.1, 0.15) is 37.7 Å². The summed E-state index contributed by atoms with van der Waals surface area (Å²) in [5.41, 5.74) is 2.84. The third-order valence-electron chi connectivity index (χ3n) is 4.40. The van der Waals surface area contributed by atoms with Crippen molar-refractivity contribution in [3.8, 4) is 0 Å². The number of ether oxygens (including phenoxy) is 1. The number of benzene rings is 1. The second-order valence-electron chi connectivity index (χ2n) is 6.23. The molecule has 0 amide bonds. The molecule has 4 nitrogen and oxygen atoms in total. The minimum absolute atomic E-state index is 0.859.